The zero-order chi connectivity index (χ0) is 17.9. The summed E-state index contributed by atoms with van der Waals surface area (Å²) in [6, 6.07) is 3.34. The third-order valence-electron chi connectivity index (χ3n) is 3.13. The van der Waals surface area contributed by atoms with E-state index in [4.69, 9.17) is 17.3 Å². The van der Waals surface area contributed by atoms with Crippen LogP contribution in [0.15, 0.2) is 32.9 Å². The number of hydrogen-bond donors (Lipinski definition) is 2. The maximum Gasteiger partial charge on any atom is 0.329 e. The highest BCUT2D eigenvalue weighted by Crippen LogP contribution is 2.24. The number of anilines is 1. The van der Waals surface area contributed by atoms with E-state index in [1.165, 1.54) is 4.57 Å². The molecule has 0 saturated heterocycles. The molecule has 2 rings (SSSR count). The summed E-state index contributed by atoms with van der Waals surface area (Å²) in [5, 5.41) is 0.903. The molecule has 0 aliphatic carbocycles. The molecular weight excluding hydrogens is 352 g/mol. The summed E-state index contributed by atoms with van der Waals surface area (Å²) in [6.07, 6.45) is 1.56. The van der Waals surface area contributed by atoms with Gasteiger partial charge in [-0.3, -0.25) is 19.1 Å². The standard InChI is InChI=1S/C15H17ClN4O3S/c1-8(2)6-20-12(17)11(13(22)19-15(20)23)10(21)7-24-14-9(16)4-3-5-18-14/h3-5,8H,6-7,17H2,1-2H3,(H,19,22,23). The van der Waals surface area contributed by atoms with Crippen molar-refractivity contribution >= 4 is 35.0 Å². The molecule has 0 radical (unpaired) electrons. The lowest BCUT2D eigenvalue weighted by Gasteiger charge is -2.13. The number of aromatic amines is 1. The van der Waals surface area contributed by atoms with Crippen LogP contribution in [0.5, 0.6) is 0 Å². The Kier molecular flexibility index (Phi) is 5.84. The fourth-order valence-corrected chi connectivity index (χ4v) is 3.13. The van der Waals surface area contributed by atoms with E-state index < -0.39 is 17.0 Å². The number of nitrogens with zero attached hydrogens (tertiary/aromatic N) is 2. The minimum absolute atomic E-state index is 0.0656. The van der Waals surface area contributed by atoms with Crippen molar-refractivity contribution in [2.24, 2.45) is 5.92 Å². The van der Waals surface area contributed by atoms with Crippen LogP contribution >= 0.6 is 23.4 Å². The number of Topliss-reactive ketones (excluding diaryl/α,β-unsaturated/α-hetero) is 1. The van der Waals surface area contributed by atoms with Crippen LogP contribution in [0.4, 0.5) is 5.82 Å². The Labute approximate surface area is 147 Å². The first-order chi connectivity index (χ1) is 11.3. The van der Waals surface area contributed by atoms with Gasteiger partial charge >= 0.3 is 5.69 Å². The van der Waals surface area contributed by atoms with E-state index in [2.05, 4.69) is 9.97 Å². The number of H-pyrrole nitrogens is 1. The summed E-state index contributed by atoms with van der Waals surface area (Å²) in [6.45, 7) is 4.11. The number of pyridine rings is 1. The third kappa shape index (κ3) is 4.07. The molecule has 0 bridgehead atoms. The number of nitrogens with two attached hydrogens (primary N) is 1. The highest BCUT2D eigenvalue weighted by molar-refractivity contribution is 8.00. The second kappa shape index (κ2) is 7.67. The molecule has 0 aliphatic rings. The molecule has 0 aromatic carbocycles. The molecule has 2 aromatic heterocycles. The van der Waals surface area contributed by atoms with Crippen molar-refractivity contribution in [3.63, 3.8) is 0 Å². The van der Waals surface area contributed by atoms with Crippen LogP contribution in [0.25, 0.3) is 0 Å². The maximum absolute atomic E-state index is 12.4. The Morgan fingerprint density at radius 2 is 2.17 bits per heavy atom. The summed E-state index contributed by atoms with van der Waals surface area (Å²) in [5.74, 6) is -0.544. The molecule has 2 aromatic rings. The van der Waals surface area contributed by atoms with E-state index in [0.717, 1.165) is 11.8 Å². The molecule has 2 heterocycles. The minimum Gasteiger partial charge on any atom is -0.384 e. The quantitative estimate of drug-likeness (QED) is 0.594. The third-order valence-corrected chi connectivity index (χ3v) is 4.55. The van der Waals surface area contributed by atoms with Gasteiger partial charge in [-0.1, -0.05) is 37.2 Å². The van der Waals surface area contributed by atoms with Crippen molar-refractivity contribution < 1.29 is 4.79 Å². The summed E-state index contributed by atoms with van der Waals surface area (Å²) in [5.41, 5.74) is 4.29. The highest BCUT2D eigenvalue weighted by Gasteiger charge is 2.20. The molecule has 0 amide bonds. The fraction of sp³-hybridized carbons (Fsp3) is 0.333. The summed E-state index contributed by atoms with van der Waals surface area (Å²) >= 11 is 7.09. The van der Waals surface area contributed by atoms with Crippen molar-refractivity contribution in [1.29, 1.82) is 0 Å². The molecule has 128 valence electrons. The molecule has 0 spiro atoms. The normalized spacial score (nSPS) is 11.0. The number of hydrogen-bond acceptors (Lipinski definition) is 6. The van der Waals surface area contributed by atoms with E-state index in [-0.39, 0.29) is 23.1 Å². The van der Waals surface area contributed by atoms with Gasteiger partial charge in [0, 0.05) is 12.7 Å². The van der Waals surface area contributed by atoms with Crippen LogP contribution in [0.2, 0.25) is 5.02 Å². The van der Waals surface area contributed by atoms with Gasteiger partial charge < -0.3 is 5.73 Å². The van der Waals surface area contributed by atoms with Gasteiger partial charge in [0.2, 0.25) is 0 Å². The molecule has 24 heavy (non-hydrogen) atoms. The maximum atomic E-state index is 12.4. The number of halogens is 1. The number of nitrogen functional groups attached to an aromatic ring is 1. The van der Waals surface area contributed by atoms with Crippen LogP contribution in [-0.4, -0.2) is 26.1 Å². The first-order valence-electron chi connectivity index (χ1n) is 7.20. The van der Waals surface area contributed by atoms with E-state index in [0.29, 0.717) is 16.6 Å². The number of thioether (sulfide) groups is 1. The molecule has 0 atom stereocenters. The topological polar surface area (TPSA) is 111 Å². The van der Waals surface area contributed by atoms with E-state index >= 15 is 0 Å². The van der Waals surface area contributed by atoms with E-state index in [1.54, 1.807) is 18.3 Å². The highest BCUT2D eigenvalue weighted by atomic mass is 35.5. The Bertz CT molecular complexity index is 876. The van der Waals surface area contributed by atoms with Gasteiger partial charge in [-0.15, -0.1) is 0 Å². The summed E-state index contributed by atoms with van der Waals surface area (Å²) in [7, 11) is 0. The Hall–Kier alpha value is -2.06. The van der Waals surface area contributed by atoms with Crippen LogP contribution in [-0.2, 0) is 6.54 Å². The second-order valence-corrected chi connectivity index (χ2v) is 6.90. The number of rotatable bonds is 6. The van der Waals surface area contributed by atoms with Crippen LogP contribution in [0.3, 0.4) is 0 Å². The molecule has 0 fully saturated rings. The van der Waals surface area contributed by atoms with Gasteiger partial charge in [-0.05, 0) is 18.1 Å². The molecule has 0 saturated carbocycles. The van der Waals surface area contributed by atoms with Crippen molar-refractivity contribution in [3.05, 3.63) is 49.8 Å². The predicted molar refractivity (Wildman–Crippen MR) is 94.9 cm³/mol. The summed E-state index contributed by atoms with van der Waals surface area (Å²) in [4.78, 5) is 42.5. The predicted octanol–water partition coefficient (Wildman–Crippen LogP) is 1.80. The number of ketones is 1. The van der Waals surface area contributed by atoms with Gasteiger partial charge in [0.1, 0.15) is 16.4 Å². The van der Waals surface area contributed by atoms with Crippen LogP contribution in [0.1, 0.15) is 24.2 Å². The zero-order valence-electron chi connectivity index (χ0n) is 13.2. The first-order valence-corrected chi connectivity index (χ1v) is 8.56. The lowest BCUT2D eigenvalue weighted by molar-refractivity contribution is 0.102. The Balaban J connectivity index is 2.31. The smallest absolute Gasteiger partial charge is 0.329 e. The van der Waals surface area contributed by atoms with Crippen molar-refractivity contribution in [1.82, 2.24) is 14.5 Å². The van der Waals surface area contributed by atoms with Crippen molar-refractivity contribution in [2.75, 3.05) is 11.5 Å². The molecule has 0 aliphatic heterocycles. The van der Waals surface area contributed by atoms with E-state index in [9.17, 15) is 14.4 Å². The molecule has 0 unspecified atom stereocenters. The van der Waals surface area contributed by atoms with Gasteiger partial charge in [0.25, 0.3) is 5.56 Å². The molecule has 9 heteroatoms. The Morgan fingerprint density at radius 3 is 2.79 bits per heavy atom. The largest absolute Gasteiger partial charge is 0.384 e. The molecule has 7 nitrogen and oxygen atoms in total. The second-order valence-electron chi connectivity index (χ2n) is 5.53. The fourth-order valence-electron chi connectivity index (χ4n) is 2.09. The summed E-state index contributed by atoms with van der Waals surface area (Å²) < 4.78 is 1.21. The lowest BCUT2D eigenvalue weighted by atomic mass is 10.2. The SMILES string of the molecule is CC(C)Cn1c(N)c(C(=O)CSc2ncccc2Cl)c(=O)[nH]c1=O. The zero-order valence-corrected chi connectivity index (χ0v) is 14.8. The molecular formula is C15H17ClN4O3S. The number of nitrogens with one attached hydrogen (secondary N) is 1. The number of carbonyl (C=O) groups is 1. The monoisotopic (exact) mass is 368 g/mol. The number of aromatic nitrogens is 3. The van der Waals surface area contributed by atoms with Gasteiger partial charge in [0.05, 0.1) is 10.8 Å². The first kappa shape index (κ1) is 18.3. The van der Waals surface area contributed by atoms with Crippen molar-refractivity contribution in [3.8, 4) is 0 Å². The number of carbonyl (C=O) groups excluding carboxylic acids is 1. The van der Waals surface area contributed by atoms with Gasteiger partial charge in [-0.2, -0.15) is 0 Å². The van der Waals surface area contributed by atoms with E-state index in [1.807, 2.05) is 13.8 Å². The van der Waals surface area contributed by atoms with Crippen LogP contribution in [0, 0.1) is 5.92 Å². The average molecular weight is 369 g/mol. The minimum atomic E-state index is -0.782. The average Bonchev–Trinajstić information content (AvgIpc) is 2.50. The van der Waals surface area contributed by atoms with Crippen molar-refractivity contribution in [2.45, 2.75) is 25.4 Å². The molecule has 3 N–H and O–H groups in total. The van der Waals surface area contributed by atoms with Crippen LogP contribution < -0.4 is 17.0 Å². The lowest BCUT2D eigenvalue weighted by Crippen LogP contribution is -2.37. The van der Waals surface area contributed by atoms with Gasteiger partial charge in [-0.25, -0.2) is 9.78 Å². The van der Waals surface area contributed by atoms with Gasteiger partial charge in [0.15, 0.2) is 5.78 Å². The Morgan fingerprint density at radius 1 is 1.46 bits per heavy atom.